The van der Waals surface area contributed by atoms with Gasteiger partial charge < -0.3 is 29.5 Å². The summed E-state index contributed by atoms with van der Waals surface area (Å²) >= 11 is 13.6. The molecule has 2 aliphatic heterocycles. The van der Waals surface area contributed by atoms with Crippen LogP contribution in [0.3, 0.4) is 0 Å². The lowest BCUT2D eigenvalue weighted by Crippen LogP contribution is -2.65. The monoisotopic (exact) mass is 667 g/mol. The van der Waals surface area contributed by atoms with Crippen molar-refractivity contribution in [1.82, 2.24) is 14.7 Å². The van der Waals surface area contributed by atoms with Gasteiger partial charge in [-0.2, -0.15) is 0 Å². The van der Waals surface area contributed by atoms with Crippen molar-refractivity contribution in [3.63, 3.8) is 0 Å². The molecule has 5 amide bonds. The van der Waals surface area contributed by atoms with E-state index in [1.807, 2.05) is 20.8 Å². The molecule has 3 heterocycles. The van der Waals surface area contributed by atoms with Crippen LogP contribution in [0.5, 0.6) is 0 Å². The van der Waals surface area contributed by atoms with Gasteiger partial charge in [0.15, 0.2) is 12.0 Å². The van der Waals surface area contributed by atoms with E-state index in [0.29, 0.717) is 10.7 Å². The number of benzene rings is 1. The van der Waals surface area contributed by atoms with Crippen molar-refractivity contribution in [3.05, 3.63) is 44.8 Å². The van der Waals surface area contributed by atoms with Gasteiger partial charge >= 0.3 is 6.03 Å². The average Bonchev–Trinajstić information content (AvgIpc) is 3.51. The standard InChI is InChI=1S/C30H39Cl2N5O6S/c1-28(2,3)20-14-17(24(44-20)34-27(41)33-19-11-9-10-18(31)23(19)32)25(39)37-13-12-36(26(40)29(37,4)5)15-21(38)35(8)22-16-42-30(6,7)43-22/h9-11,14,22H,12-13,15-16H2,1-8H3,(H2,33,34,41). The molecule has 1 unspecified atom stereocenters. The van der Waals surface area contributed by atoms with Crippen LogP contribution < -0.4 is 10.6 Å². The van der Waals surface area contributed by atoms with Crippen molar-refractivity contribution < 1.29 is 28.7 Å². The quantitative estimate of drug-likeness (QED) is 0.412. The van der Waals surface area contributed by atoms with Crippen LogP contribution in [0.1, 0.15) is 63.7 Å². The summed E-state index contributed by atoms with van der Waals surface area (Å²) in [6.07, 6.45) is -0.558. The third-order valence-corrected chi connectivity index (χ3v) is 9.89. The molecule has 240 valence electrons. The lowest BCUT2D eigenvalue weighted by Gasteiger charge is -2.46. The number of likely N-dealkylation sites (N-methyl/N-ethyl adjacent to an activating group) is 1. The highest BCUT2D eigenvalue weighted by atomic mass is 35.5. The van der Waals surface area contributed by atoms with Gasteiger partial charge in [-0.05, 0) is 51.3 Å². The van der Waals surface area contributed by atoms with Gasteiger partial charge in [0.2, 0.25) is 11.8 Å². The molecule has 4 rings (SSSR count). The molecule has 0 bridgehead atoms. The van der Waals surface area contributed by atoms with Crippen LogP contribution >= 0.6 is 34.5 Å². The second kappa shape index (κ2) is 12.5. The molecule has 1 aromatic carbocycles. The van der Waals surface area contributed by atoms with Crippen molar-refractivity contribution in [2.75, 3.05) is 43.9 Å². The van der Waals surface area contributed by atoms with Crippen molar-refractivity contribution in [2.24, 2.45) is 0 Å². The highest BCUT2D eigenvalue weighted by Crippen LogP contribution is 2.38. The zero-order chi connectivity index (χ0) is 32.8. The smallest absolute Gasteiger partial charge is 0.324 e. The minimum absolute atomic E-state index is 0.160. The maximum atomic E-state index is 14.1. The molecule has 44 heavy (non-hydrogen) atoms. The first-order valence-corrected chi connectivity index (χ1v) is 15.7. The maximum absolute atomic E-state index is 14.1. The van der Waals surface area contributed by atoms with Gasteiger partial charge in [-0.1, -0.05) is 50.0 Å². The van der Waals surface area contributed by atoms with E-state index in [1.165, 1.54) is 26.0 Å². The number of thiophene rings is 1. The Hall–Kier alpha value is -2.90. The van der Waals surface area contributed by atoms with Crippen LogP contribution in [-0.4, -0.2) is 89.3 Å². The lowest BCUT2D eigenvalue weighted by atomic mass is 9.93. The summed E-state index contributed by atoms with van der Waals surface area (Å²) in [4.78, 5) is 59.1. The Kier molecular flexibility index (Phi) is 9.64. The normalized spacial score (nSPS) is 19.6. The Morgan fingerprint density at radius 2 is 1.80 bits per heavy atom. The van der Waals surface area contributed by atoms with Gasteiger partial charge in [0.25, 0.3) is 5.91 Å². The van der Waals surface area contributed by atoms with Crippen LogP contribution in [0.2, 0.25) is 10.0 Å². The summed E-state index contributed by atoms with van der Waals surface area (Å²) in [5, 5.41) is 6.28. The van der Waals surface area contributed by atoms with E-state index >= 15 is 0 Å². The summed E-state index contributed by atoms with van der Waals surface area (Å²) < 4.78 is 11.3. The minimum Gasteiger partial charge on any atom is -0.346 e. The van der Waals surface area contributed by atoms with E-state index in [0.717, 1.165) is 4.88 Å². The molecular weight excluding hydrogens is 629 g/mol. The number of nitrogens with one attached hydrogen (secondary N) is 2. The zero-order valence-corrected chi connectivity index (χ0v) is 28.5. The van der Waals surface area contributed by atoms with Crippen molar-refractivity contribution in [2.45, 2.75) is 71.4 Å². The SMILES string of the molecule is CN(C(=O)CN1CCN(C(=O)c2cc(C(C)(C)C)sc2NC(=O)Nc2cccc(Cl)c2Cl)C(C)(C)C1=O)C1COC(C)(C)O1. The number of rotatable bonds is 6. The van der Waals surface area contributed by atoms with Gasteiger partial charge in [-0.25, -0.2) is 4.79 Å². The Balaban J connectivity index is 1.51. The van der Waals surface area contributed by atoms with Gasteiger partial charge in [0.05, 0.1) is 34.4 Å². The molecule has 2 fully saturated rings. The van der Waals surface area contributed by atoms with Gasteiger partial charge in [-0.3, -0.25) is 19.7 Å². The topological polar surface area (TPSA) is 121 Å². The molecule has 0 spiro atoms. The van der Waals surface area contributed by atoms with E-state index in [9.17, 15) is 19.2 Å². The summed E-state index contributed by atoms with van der Waals surface area (Å²) in [6, 6.07) is 6.03. The molecule has 11 nitrogen and oxygen atoms in total. The summed E-state index contributed by atoms with van der Waals surface area (Å²) in [7, 11) is 1.61. The van der Waals surface area contributed by atoms with Gasteiger partial charge in [0, 0.05) is 25.0 Å². The molecule has 2 aromatic rings. The predicted molar refractivity (Wildman–Crippen MR) is 171 cm³/mol. The molecule has 14 heteroatoms. The Labute approximate surface area is 271 Å². The number of halogens is 2. The van der Waals surface area contributed by atoms with Crippen LogP contribution in [0.4, 0.5) is 15.5 Å². The zero-order valence-electron chi connectivity index (χ0n) is 26.2. The van der Waals surface area contributed by atoms with E-state index < -0.39 is 29.5 Å². The number of nitrogens with zero attached hydrogens (tertiary/aromatic N) is 3. The van der Waals surface area contributed by atoms with Gasteiger partial charge in [0.1, 0.15) is 10.5 Å². The number of hydrogen-bond acceptors (Lipinski definition) is 7. The largest absolute Gasteiger partial charge is 0.346 e. The van der Waals surface area contributed by atoms with E-state index in [4.69, 9.17) is 32.7 Å². The second-order valence-corrected chi connectivity index (χ2v) is 14.7. The number of anilines is 2. The Morgan fingerprint density at radius 3 is 2.41 bits per heavy atom. The molecule has 0 radical (unpaired) electrons. The maximum Gasteiger partial charge on any atom is 0.324 e. The highest BCUT2D eigenvalue weighted by molar-refractivity contribution is 7.16. The summed E-state index contributed by atoms with van der Waals surface area (Å²) in [5.74, 6) is -1.87. The second-order valence-electron chi connectivity index (χ2n) is 12.8. The number of ether oxygens (including phenoxy) is 2. The molecule has 2 saturated heterocycles. The first kappa shape index (κ1) is 34.0. The van der Waals surface area contributed by atoms with Crippen LogP contribution in [0, 0.1) is 0 Å². The summed E-state index contributed by atoms with van der Waals surface area (Å²) in [5.41, 5.74) is -0.998. The third kappa shape index (κ3) is 7.15. The predicted octanol–water partition coefficient (Wildman–Crippen LogP) is 5.63. The fourth-order valence-corrected chi connectivity index (χ4v) is 6.37. The van der Waals surface area contributed by atoms with Crippen LogP contribution in [0.15, 0.2) is 24.3 Å². The van der Waals surface area contributed by atoms with Crippen LogP contribution in [-0.2, 0) is 24.5 Å². The van der Waals surface area contributed by atoms with Crippen molar-refractivity contribution in [1.29, 1.82) is 0 Å². The third-order valence-electron chi connectivity index (χ3n) is 7.60. The first-order valence-electron chi connectivity index (χ1n) is 14.2. The lowest BCUT2D eigenvalue weighted by molar-refractivity contribution is -0.168. The minimum atomic E-state index is -1.26. The Bertz CT molecular complexity index is 1470. The number of carbonyl (C=O) groups excluding carboxylic acids is 4. The number of amides is 5. The Morgan fingerprint density at radius 1 is 1.11 bits per heavy atom. The number of carbonyl (C=O) groups is 4. The molecule has 0 saturated carbocycles. The van der Waals surface area contributed by atoms with Crippen molar-refractivity contribution in [3.8, 4) is 0 Å². The fourth-order valence-electron chi connectivity index (χ4n) is 4.92. The highest BCUT2D eigenvalue weighted by Gasteiger charge is 2.46. The molecule has 1 atom stereocenters. The summed E-state index contributed by atoms with van der Waals surface area (Å²) in [6.45, 7) is 13.3. The molecule has 2 aliphatic rings. The van der Waals surface area contributed by atoms with E-state index in [-0.39, 0.29) is 59.1 Å². The van der Waals surface area contributed by atoms with E-state index in [1.54, 1.807) is 59.0 Å². The van der Waals surface area contributed by atoms with Crippen molar-refractivity contribution >= 4 is 69.0 Å². The molecule has 2 N–H and O–H groups in total. The first-order chi connectivity index (χ1) is 20.3. The number of hydrogen-bond donors (Lipinski definition) is 2. The number of piperazine rings is 1. The average molecular weight is 669 g/mol. The molecule has 1 aromatic heterocycles. The molecular formula is C30H39Cl2N5O6S. The fraction of sp³-hybridized carbons (Fsp3) is 0.533. The van der Waals surface area contributed by atoms with Gasteiger partial charge in [-0.15, -0.1) is 11.3 Å². The van der Waals surface area contributed by atoms with E-state index in [2.05, 4.69) is 10.6 Å². The van der Waals surface area contributed by atoms with Crippen LogP contribution in [0.25, 0.3) is 0 Å². The number of urea groups is 1. The molecule has 0 aliphatic carbocycles.